The molecule has 4 nitrogen and oxygen atoms in total. The van der Waals surface area contributed by atoms with E-state index in [2.05, 4.69) is 0 Å². The molecule has 272 valence electrons. The van der Waals surface area contributed by atoms with Crippen molar-refractivity contribution >= 4 is 106 Å². The molecule has 0 saturated carbocycles. The topological polar surface area (TPSA) is 43.9 Å². The monoisotopic (exact) mass is 856 g/mol. The van der Waals surface area contributed by atoms with Crippen molar-refractivity contribution in [2.24, 2.45) is 0 Å². The molecule has 12 rings (SSSR count). The average molecular weight is 856 g/mol. The zero-order valence-electron chi connectivity index (χ0n) is 61.7. The van der Waals surface area contributed by atoms with Gasteiger partial charge >= 0.3 is 357 Å². The van der Waals surface area contributed by atoms with Crippen molar-refractivity contribution in [2.45, 2.75) is 0 Å². The van der Waals surface area contributed by atoms with Crippen LogP contribution in [-0.2, 0) is 0 Å². The molecule has 0 saturated heterocycles. The van der Waals surface area contributed by atoms with Gasteiger partial charge in [0.1, 0.15) is 0 Å². The van der Waals surface area contributed by atoms with Crippen molar-refractivity contribution in [3.63, 3.8) is 0 Å². The molecule has 0 bridgehead atoms. The van der Waals surface area contributed by atoms with Crippen molar-refractivity contribution in [1.82, 2.24) is 14.5 Å². The second-order valence-corrected chi connectivity index (χ2v) is 18.0. The second kappa shape index (κ2) is 13.1. The van der Waals surface area contributed by atoms with Gasteiger partial charge in [0.25, 0.3) is 0 Å². The normalized spacial score (nSPS) is 20.1. The van der Waals surface area contributed by atoms with E-state index in [1.807, 2.05) is 0 Å². The fraction of sp³-hybridized carbons (Fsp3) is 0. The Hall–Kier alpha value is -6.82. The number of aromatic nitrogens is 3. The first-order valence-corrected chi connectivity index (χ1v) is 20.6. The number of para-hydroxylation sites is 2. The summed E-state index contributed by atoms with van der Waals surface area (Å²) in [5, 5.41) is -6.59. The molecule has 0 aliphatic rings. The molecule has 0 aliphatic carbocycles. The van der Waals surface area contributed by atoms with Crippen molar-refractivity contribution in [3.8, 4) is 17.2 Å². The fourth-order valence-electron chi connectivity index (χ4n) is 7.10. The summed E-state index contributed by atoms with van der Waals surface area (Å²) >= 11 is -1.30. The molecule has 8 aromatic carbocycles. The smallest absolute Gasteiger partial charge is 0.0623 e. The summed E-state index contributed by atoms with van der Waals surface area (Å²) in [6.07, 6.45) is 0. The molecule has 0 atom stereocenters. The summed E-state index contributed by atoms with van der Waals surface area (Å²) in [6.45, 7) is 0. The molecule has 0 unspecified atom stereocenters. The molecule has 0 radical (unpaired) electrons. The van der Waals surface area contributed by atoms with Gasteiger partial charge in [0, 0.05) is 0 Å². The van der Waals surface area contributed by atoms with Gasteiger partial charge in [-0.15, -0.1) is 0 Å². The maximum atomic E-state index is 10.7. The van der Waals surface area contributed by atoms with Crippen LogP contribution < -0.4 is 20.7 Å². The van der Waals surface area contributed by atoms with Crippen LogP contribution in [0.5, 0.6) is 0 Å². The molecule has 0 N–H and O–H groups in total. The minimum Gasteiger partial charge on any atom is 0.0623 e. The standard InChI is InChI=1S/C52H33N3OSeSi/c1-4-18-35(19-5-1)58(36-20-6-2-7-21-36,37-22-8-3-9-23-37)38-24-16-17-34(33-38)48-50-49(47-45(56-50)32-31-42-41-27-12-15-30-46(41)57-51(42)47)54-52(53-48)55-43-28-13-10-25-39(43)40-26-11-14-29-44(40)55/h1-33H/i1D,2D,3D,4D,5D,6D,7D,8D,9D,10D,11D,12D,13D,14D,15D,16D,17D,18D,19D,20D,21D,22D,23D,24D,25D,26D,27D,28D,29D,30D,31D,32D,33D. The number of benzene rings is 8. The number of rotatable bonds is 6. The van der Waals surface area contributed by atoms with Gasteiger partial charge < -0.3 is 0 Å². The van der Waals surface area contributed by atoms with E-state index in [1.165, 1.54) is 0 Å². The van der Waals surface area contributed by atoms with Gasteiger partial charge in [-0.2, -0.15) is 0 Å². The summed E-state index contributed by atoms with van der Waals surface area (Å²) < 4.78 is 311. The van der Waals surface area contributed by atoms with Crippen LogP contribution in [0.4, 0.5) is 0 Å². The zero-order valence-corrected chi connectivity index (χ0v) is 31.4. The SMILES string of the molecule is [2H]c1c([2H])c([2H])c([Si](c2c([2H])c([2H])c([2H])c([2H])c2[2H])(c2c([2H])c([2H])c([2H])c([2H])c2[2H])c2c([2H])c([2H])c([2H])c(-c3nc(-n4c5c([2H])c([2H])c([2H])c([2H])c5c5c([2H])c([2H])c([2H])c([2H])c54)nc4c3oc3c([2H])c([2H])c5c([se]c6c([2H])c([2H])c([2H])c([2H])c65)c34)c2[2H])c([2H])c1[2H]. The molecule has 4 aromatic heterocycles. The first-order chi connectivity index (χ1) is 42.5. The molecule has 0 spiro atoms. The molecule has 6 heteroatoms. The Morgan fingerprint density at radius 3 is 1.69 bits per heavy atom. The summed E-state index contributed by atoms with van der Waals surface area (Å²) in [4.78, 5) is 9.57. The predicted molar refractivity (Wildman–Crippen MR) is 245 cm³/mol. The Morgan fingerprint density at radius 2 is 1.05 bits per heavy atom. The molecule has 0 fully saturated rings. The van der Waals surface area contributed by atoms with Crippen LogP contribution in [0.2, 0.25) is 0 Å². The summed E-state index contributed by atoms with van der Waals surface area (Å²) in [5.41, 5.74) is -5.24. The van der Waals surface area contributed by atoms with Gasteiger partial charge in [0.2, 0.25) is 0 Å². The molecule has 12 aromatic rings. The third-order valence-electron chi connectivity index (χ3n) is 9.48. The second-order valence-electron chi connectivity index (χ2n) is 12.4. The van der Waals surface area contributed by atoms with Crippen LogP contribution in [0.25, 0.3) is 80.4 Å². The number of furan rings is 1. The Kier molecular flexibility index (Phi) is 3.22. The van der Waals surface area contributed by atoms with Crippen molar-refractivity contribution < 1.29 is 49.7 Å². The summed E-state index contributed by atoms with van der Waals surface area (Å²) in [7, 11) is -6.55. The van der Waals surface area contributed by atoms with E-state index in [4.69, 9.17) is 40.4 Å². The molecule has 58 heavy (non-hydrogen) atoms. The van der Waals surface area contributed by atoms with Crippen LogP contribution >= 0.6 is 0 Å². The van der Waals surface area contributed by atoms with Gasteiger partial charge in [-0.25, -0.2) is 0 Å². The van der Waals surface area contributed by atoms with Crippen LogP contribution in [0.1, 0.15) is 45.2 Å². The predicted octanol–water partition coefficient (Wildman–Crippen LogP) is 9.88. The van der Waals surface area contributed by atoms with E-state index in [0.29, 0.717) is 0 Å². The minimum absolute atomic E-state index is 0.0125. The average Bonchev–Trinajstić information content (AvgIpc) is 1.35. The Bertz CT molecular complexity index is 5160. The van der Waals surface area contributed by atoms with Gasteiger partial charge in [-0.05, 0) is 0 Å². The van der Waals surface area contributed by atoms with Crippen LogP contribution in [0.3, 0.4) is 0 Å². The van der Waals surface area contributed by atoms with Gasteiger partial charge in [-0.3, -0.25) is 0 Å². The van der Waals surface area contributed by atoms with Gasteiger partial charge in [0.05, 0.1) is 12.3 Å². The van der Waals surface area contributed by atoms with E-state index in [-0.39, 0.29) is 24.7 Å². The first kappa shape index (κ1) is 14.2. The third kappa shape index (κ3) is 4.86. The van der Waals surface area contributed by atoms with Crippen molar-refractivity contribution in [3.05, 3.63) is 199 Å². The van der Waals surface area contributed by atoms with Gasteiger partial charge in [-0.1, -0.05) is 18.1 Å². The number of fused-ring (bicyclic) bond motifs is 10. The van der Waals surface area contributed by atoms with Crippen LogP contribution in [0.15, 0.2) is 204 Å². The minimum atomic E-state index is -6.55. The van der Waals surface area contributed by atoms with Crippen molar-refractivity contribution in [1.29, 1.82) is 0 Å². The Balaban J connectivity index is 1.42. The van der Waals surface area contributed by atoms with Crippen LogP contribution in [0, 0.1) is 0 Å². The molecule has 0 aliphatic heterocycles. The maximum absolute atomic E-state index is 10.7. The first-order valence-electron chi connectivity index (χ1n) is 33.4. The molecule has 0 amide bonds. The third-order valence-corrected chi connectivity index (χ3v) is 15.8. The van der Waals surface area contributed by atoms with E-state index < -0.39 is 298 Å². The Morgan fingerprint density at radius 1 is 0.500 bits per heavy atom. The summed E-state index contributed by atoms with van der Waals surface area (Å²) in [6, 6.07) is -35.2. The number of hydrogen-bond acceptors (Lipinski definition) is 3. The number of nitrogens with zero attached hydrogens (tertiary/aromatic N) is 3. The van der Waals surface area contributed by atoms with E-state index in [9.17, 15) is 19.2 Å². The summed E-state index contributed by atoms with van der Waals surface area (Å²) in [5.74, 6) is -0.907. The molecular weight excluding hydrogens is 790 g/mol. The quantitative estimate of drug-likeness (QED) is 0.124. The fourth-order valence-corrected chi connectivity index (χ4v) is 13.0. The van der Waals surface area contributed by atoms with Crippen molar-refractivity contribution in [2.75, 3.05) is 0 Å². The van der Waals surface area contributed by atoms with Gasteiger partial charge in [0.15, 0.2) is 0 Å². The molecular formula is C52H33N3OSeSi. The van der Waals surface area contributed by atoms with E-state index >= 15 is 0 Å². The van der Waals surface area contributed by atoms with E-state index in [1.54, 1.807) is 0 Å². The van der Waals surface area contributed by atoms with E-state index in [0.717, 1.165) is 4.57 Å². The van der Waals surface area contributed by atoms with Crippen LogP contribution in [-0.4, -0.2) is 37.1 Å². The Labute approximate surface area is 387 Å². The molecule has 4 heterocycles. The zero-order chi connectivity index (χ0) is 66.9. The number of hydrogen-bond donors (Lipinski definition) is 0.